The molecule has 0 fully saturated rings. The van der Waals surface area contributed by atoms with Crippen molar-refractivity contribution in [2.75, 3.05) is 18.5 Å². The maximum Gasteiger partial charge on any atom is 0.348 e. The molecule has 2 aromatic carbocycles. The Morgan fingerprint density at radius 3 is 2.59 bits per heavy atom. The van der Waals surface area contributed by atoms with E-state index in [2.05, 4.69) is 5.32 Å². The van der Waals surface area contributed by atoms with E-state index in [4.69, 9.17) is 9.47 Å². The van der Waals surface area contributed by atoms with Gasteiger partial charge in [0.05, 0.1) is 18.1 Å². The van der Waals surface area contributed by atoms with Gasteiger partial charge < -0.3 is 14.8 Å². The summed E-state index contributed by atoms with van der Waals surface area (Å²) in [6, 6.07) is 11.0. The molecule has 0 atom stereocenters. The van der Waals surface area contributed by atoms with E-state index in [1.165, 1.54) is 29.5 Å². The third-order valence-electron chi connectivity index (χ3n) is 3.97. The summed E-state index contributed by atoms with van der Waals surface area (Å²) >= 11 is 1.30. The minimum absolute atomic E-state index is 0.111. The molecule has 0 aliphatic rings. The molecule has 1 heterocycles. The van der Waals surface area contributed by atoms with Gasteiger partial charge in [-0.25, -0.2) is 4.79 Å². The normalized spacial score (nSPS) is 10.6. The smallest absolute Gasteiger partial charge is 0.348 e. The summed E-state index contributed by atoms with van der Waals surface area (Å²) in [4.78, 5) is 35.6. The Kier molecular flexibility index (Phi) is 6.08. The number of hydrogen-bond donors (Lipinski definition) is 1. The number of rotatable bonds is 7. The number of fused-ring (bicyclic) bond motifs is 1. The van der Waals surface area contributed by atoms with Crippen LogP contribution in [0.3, 0.4) is 0 Å². The maximum absolute atomic E-state index is 12.5. The van der Waals surface area contributed by atoms with Crippen molar-refractivity contribution in [1.82, 2.24) is 0 Å². The minimum Gasteiger partial charge on any atom is -0.487 e. The lowest BCUT2D eigenvalue weighted by Crippen LogP contribution is -2.12. The number of nitro benzene ring substituents is 1. The van der Waals surface area contributed by atoms with Gasteiger partial charge in [0.2, 0.25) is 0 Å². The lowest BCUT2D eigenvalue weighted by molar-refractivity contribution is -0.385. The Hall–Kier alpha value is -3.46. The van der Waals surface area contributed by atoms with Gasteiger partial charge in [-0.2, -0.15) is 0 Å². The number of carbonyl (C=O) groups is 2. The van der Waals surface area contributed by atoms with Crippen LogP contribution >= 0.6 is 11.3 Å². The molecule has 0 saturated heterocycles. The summed E-state index contributed by atoms with van der Waals surface area (Å²) in [5.41, 5.74) is 0.372. The molecule has 1 aromatic heterocycles. The molecule has 0 spiro atoms. The number of nitrogens with zero attached hydrogens (tertiary/aromatic N) is 1. The van der Waals surface area contributed by atoms with Crippen LogP contribution in [0.1, 0.15) is 33.9 Å². The molecule has 0 radical (unpaired) electrons. The molecule has 0 aliphatic heterocycles. The van der Waals surface area contributed by atoms with Crippen molar-refractivity contribution >= 4 is 44.7 Å². The van der Waals surface area contributed by atoms with Crippen molar-refractivity contribution < 1.29 is 24.0 Å². The van der Waals surface area contributed by atoms with Crippen LogP contribution < -0.4 is 10.1 Å². The van der Waals surface area contributed by atoms with E-state index in [1.807, 2.05) is 0 Å². The first kappa shape index (κ1) is 20.3. The molecule has 29 heavy (non-hydrogen) atoms. The van der Waals surface area contributed by atoms with E-state index in [-0.39, 0.29) is 29.6 Å². The highest BCUT2D eigenvalue weighted by molar-refractivity contribution is 7.20. The zero-order valence-electron chi connectivity index (χ0n) is 15.8. The van der Waals surface area contributed by atoms with Crippen molar-refractivity contribution in [3.8, 4) is 5.75 Å². The van der Waals surface area contributed by atoms with E-state index in [9.17, 15) is 19.7 Å². The second-order valence-corrected chi connectivity index (χ2v) is 6.99. The molecule has 0 unspecified atom stereocenters. The molecule has 150 valence electrons. The quantitative estimate of drug-likeness (QED) is 0.343. The molecular weight excluding hydrogens is 396 g/mol. The largest absolute Gasteiger partial charge is 0.487 e. The molecule has 1 N–H and O–H groups in total. The van der Waals surface area contributed by atoms with E-state index in [0.29, 0.717) is 17.2 Å². The Morgan fingerprint density at radius 1 is 1.10 bits per heavy atom. The zero-order valence-corrected chi connectivity index (χ0v) is 16.6. The fourth-order valence-corrected chi connectivity index (χ4v) is 3.64. The number of nitro groups is 1. The lowest BCUT2D eigenvalue weighted by Gasteiger charge is -2.08. The predicted octanol–water partition coefficient (Wildman–Crippen LogP) is 4.64. The van der Waals surface area contributed by atoms with E-state index in [1.54, 1.807) is 38.1 Å². The van der Waals surface area contributed by atoms with Crippen molar-refractivity contribution in [3.63, 3.8) is 0 Å². The number of anilines is 1. The van der Waals surface area contributed by atoms with Gasteiger partial charge in [-0.05, 0) is 55.6 Å². The van der Waals surface area contributed by atoms with Crippen LogP contribution in [0, 0.1) is 10.1 Å². The maximum atomic E-state index is 12.5. The Bertz CT molecular complexity index is 1090. The first-order valence-corrected chi connectivity index (χ1v) is 9.67. The minimum atomic E-state index is -0.587. The number of esters is 1. The summed E-state index contributed by atoms with van der Waals surface area (Å²) in [6.07, 6.45) is 0. The number of benzene rings is 2. The van der Waals surface area contributed by atoms with E-state index < -0.39 is 10.8 Å². The van der Waals surface area contributed by atoms with Crippen LogP contribution in [0.4, 0.5) is 11.4 Å². The van der Waals surface area contributed by atoms with Gasteiger partial charge in [0.1, 0.15) is 4.88 Å². The number of thiophene rings is 1. The van der Waals surface area contributed by atoms with Crippen LogP contribution in [0.25, 0.3) is 10.1 Å². The van der Waals surface area contributed by atoms with Gasteiger partial charge in [0.15, 0.2) is 5.75 Å². The van der Waals surface area contributed by atoms with Gasteiger partial charge in [0, 0.05) is 22.0 Å². The average Bonchev–Trinajstić information content (AvgIpc) is 3.12. The summed E-state index contributed by atoms with van der Waals surface area (Å²) in [5, 5.41) is 14.7. The van der Waals surface area contributed by atoms with Crippen molar-refractivity contribution in [2.45, 2.75) is 13.8 Å². The average molecular weight is 414 g/mol. The highest BCUT2D eigenvalue weighted by Crippen LogP contribution is 2.30. The molecule has 8 nitrogen and oxygen atoms in total. The molecule has 1 amide bonds. The first-order valence-electron chi connectivity index (χ1n) is 8.86. The molecule has 3 aromatic rings. The third kappa shape index (κ3) is 4.52. The van der Waals surface area contributed by atoms with Crippen molar-refractivity contribution in [1.29, 1.82) is 0 Å². The third-order valence-corrected chi connectivity index (χ3v) is 5.06. The SMILES string of the molecule is CCOC(=O)c1cc2cc(NC(=O)c3ccc(OCC)c([N+](=O)[O-])c3)ccc2s1. The topological polar surface area (TPSA) is 108 Å². The zero-order chi connectivity index (χ0) is 21.0. The lowest BCUT2D eigenvalue weighted by atomic mass is 10.1. The van der Waals surface area contributed by atoms with Gasteiger partial charge in [-0.15, -0.1) is 11.3 Å². The number of amides is 1. The van der Waals surface area contributed by atoms with Gasteiger partial charge in [-0.1, -0.05) is 0 Å². The Labute approximate surface area is 170 Å². The highest BCUT2D eigenvalue weighted by atomic mass is 32.1. The first-order chi connectivity index (χ1) is 13.9. The standard InChI is InChI=1S/C20H18N2O6S/c1-3-27-16-7-5-12(10-15(16)22(25)26)19(23)21-14-6-8-17-13(9-14)11-18(29-17)20(24)28-4-2/h5-11H,3-4H2,1-2H3,(H,21,23). The molecule has 0 saturated carbocycles. The molecule has 0 bridgehead atoms. The molecule has 0 aliphatic carbocycles. The predicted molar refractivity (Wildman–Crippen MR) is 110 cm³/mol. The van der Waals surface area contributed by atoms with Crippen LogP contribution in [0.2, 0.25) is 0 Å². The number of ether oxygens (including phenoxy) is 2. The molecule has 9 heteroatoms. The van der Waals surface area contributed by atoms with Gasteiger partial charge in [0.25, 0.3) is 5.91 Å². The van der Waals surface area contributed by atoms with Crippen molar-refractivity contribution in [3.05, 3.63) is 63.0 Å². The van der Waals surface area contributed by atoms with Crippen LogP contribution in [0.5, 0.6) is 5.75 Å². The number of nitrogens with one attached hydrogen (secondary N) is 1. The van der Waals surface area contributed by atoms with E-state index in [0.717, 1.165) is 10.1 Å². The second-order valence-electron chi connectivity index (χ2n) is 5.91. The number of hydrogen-bond acceptors (Lipinski definition) is 7. The van der Waals surface area contributed by atoms with Gasteiger partial charge in [-0.3, -0.25) is 14.9 Å². The summed E-state index contributed by atoms with van der Waals surface area (Å²) in [6.45, 7) is 4.03. The van der Waals surface area contributed by atoms with Gasteiger partial charge >= 0.3 is 11.7 Å². The fourth-order valence-electron chi connectivity index (χ4n) is 2.71. The van der Waals surface area contributed by atoms with Crippen LogP contribution in [-0.2, 0) is 4.74 Å². The summed E-state index contributed by atoms with van der Waals surface area (Å²) in [7, 11) is 0. The van der Waals surface area contributed by atoms with E-state index >= 15 is 0 Å². The van der Waals surface area contributed by atoms with Crippen molar-refractivity contribution in [2.24, 2.45) is 0 Å². The summed E-state index contributed by atoms with van der Waals surface area (Å²) < 4.78 is 11.1. The summed E-state index contributed by atoms with van der Waals surface area (Å²) in [5.74, 6) is -0.766. The monoisotopic (exact) mass is 414 g/mol. The molecular formula is C20H18N2O6S. The Balaban J connectivity index is 1.83. The van der Waals surface area contributed by atoms with Crippen LogP contribution in [0.15, 0.2) is 42.5 Å². The fraction of sp³-hybridized carbons (Fsp3) is 0.200. The number of carbonyl (C=O) groups excluding carboxylic acids is 2. The second kappa shape index (κ2) is 8.70. The molecule has 3 rings (SSSR count). The van der Waals surface area contributed by atoms with Crippen LogP contribution in [-0.4, -0.2) is 30.0 Å². The Morgan fingerprint density at radius 2 is 1.90 bits per heavy atom. The highest BCUT2D eigenvalue weighted by Gasteiger charge is 2.19.